The second kappa shape index (κ2) is 8.83. The number of nitrogen functional groups attached to an aromatic ring is 1. The van der Waals surface area contributed by atoms with Gasteiger partial charge in [-0.3, -0.25) is 19.7 Å². The molecule has 0 aliphatic rings. The van der Waals surface area contributed by atoms with Gasteiger partial charge in [-0.1, -0.05) is 0 Å². The van der Waals surface area contributed by atoms with Crippen LogP contribution in [-0.2, 0) is 19.1 Å². The molecular weight excluding hydrogens is 360 g/mol. The molecule has 0 saturated carbocycles. The molecule has 27 heavy (non-hydrogen) atoms. The first-order valence-electron chi connectivity index (χ1n) is 7.84. The summed E-state index contributed by atoms with van der Waals surface area (Å²) in [6.07, 6.45) is -1.39. The Bertz CT molecular complexity index is 743. The monoisotopic (exact) mass is 382 g/mol. The van der Waals surface area contributed by atoms with Crippen molar-refractivity contribution in [2.45, 2.75) is 38.8 Å². The van der Waals surface area contributed by atoms with E-state index in [1.165, 1.54) is 12.1 Å². The van der Waals surface area contributed by atoms with Crippen LogP contribution in [0.2, 0.25) is 0 Å². The Morgan fingerprint density at radius 3 is 2.44 bits per heavy atom. The third-order valence-electron chi connectivity index (χ3n) is 3.11. The third-order valence-corrected chi connectivity index (χ3v) is 3.11. The minimum absolute atomic E-state index is 0.0324. The minimum Gasteiger partial charge on any atom is -0.469 e. The highest BCUT2D eigenvalue weighted by molar-refractivity contribution is 6.00. The van der Waals surface area contributed by atoms with E-state index in [9.17, 15) is 24.5 Å². The number of carbonyl (C=O) groups excluding carboxylic acids is 3. The fraction of sp³-hybridized carbons (Fsp3) is 0.438. The zero-order chi connectivity index (χ0) is 20.8. The number of nitro benzene ring substituents is 1. The quantitative estimate of drug-likeness (QED) is 0.289. The maximum atomic E-state index is 12.5. The largest absolute Gasteiger partial charge is 0.469 e. The van der Waals surface area contributed by atoms with Crippen LogP contribution in [0, 0.1) is 10.1 Å². The van der Waals surface area contributed by atoms with E-state index in [4.69, 9.17) is 10.5 Å². The van der Waals surface area contributed by atoms with Crippen molar-refractivity contribution in [3.8, 4) is 0 Å². The van der Waals surface area contributed by atoms with Crippen molar-refractivity contribution in [2.75, 3.05) is 18.2 Å². The van der Waals surface area contributed by atoms with E-state index in [2.05, 4.69) is 15.4 Å². The predicted octanol–water partition coefficient (Wildman–Crippen LogP) is 1.57. The number of nitrogens with one attached hydrogen (secondary N) is 2. The van der Waals surface area contributed by atoms with Gasteiger partial charge >= 0.3 is 12.1 Å². The van der Waals surface area contributed by atoms with Crippen LogP contribution in [0.25, 0.3) is 0 Å². The van der Waals surface area contributed by atoms with Crippen molar-refractivity contribution in [1.82, 2.24) is 5.32 Å². The molecule has 0 saturated heterocycles. The van der Waals surface area contributed by atoms with Gasteiger partial charge in [-0.15, -0.1) is 0 Å². The molecule has 0 fully saturated rings. The summed E-state index contributed by atoms with van der Waals surface area (Å²) < 4.78 is 9.57. The smallest absolute Gasteiger partial charge is 0.408 e. The molecule has 0 bridgehead atoms. The maximum absolute atomic E-state index is 12.5. The molecule has 4 N–H and O–H groups in total. The maximum Gasteiger partial charge on any atom is 0.408 e. The molecular formula is C16H22N4O7. The first-order valence-corrected chi connectivity index (χ1v) is 7.84. The molecule has 1 aromatic rings. The number of methoxy groups -OCH3 is 1. The van der Waals surface area contributed by atoms with Crippen LogP contribution in [-0.4, -0.2) is 41.6 Å². The van der Waals surface area contributed by atoms with Gasteiger partial charge in [0.1, 0.15) is 11.6 Å². The highest BCUT2D eigenvalue weighted by Gasteiger charge is 2.27. The Hall–Kier alpha value is -3.37. The van der Waals surface area contributed by atoms with Crippen LogP contribution in [0.3, 0.4) is 0 Å². The topological polar surface area (TPSA) is 163 Å². The molecule has 0 radical (unpaired) electrons. The summed E-state index contributed by atoms with van der Waals surface area (Å²) in [5.41, 5.74) is 4.64. The van der Waals surface area contributed by atoms with Gasteiger partial charge in [-0.2, -0.15) is 0 Å². The third kappa shape index (κ3) is 7.18. The van der Waals surface area contributed by atoms with Crippen LogP contribution in [0.15, 0.2) is 18.2 Å². The number of rotatable bonds is 6. The van der Waals surface area contributed by atoms with Crippen molar-refractivity contribution in [1.29, 1.82) is 0 Å². The standard InChI is InChI=1S/C16H22N4O7/c1-16(2,3)27-15(23)19-12(8-13(21)26-4)14(22)18-11-7-9(20(24)25)5-6-10(11)17/h5-7,12H,8,17H2,1-4H3,(H,18,22)(H,19,23)/t12-/m0/s1. The number of nitrogens with two attached hydrogens (primary N) is 1. The number of nitrogens with zero attached hydrogens (tertiary/aromatic N) is 1. The molecule has 11 nitrogen and oxygen atoms in total. The Labute approximate surface area is 155 Å². The number of hydrogen-bond acceptors (Lipinski definition) is 8. The lowest BCUT2D eigenvalue weighted by Gasteiger charge is -2.23. The zero-order valence-corrected chi connectivity index (χ0v) is 15.4. The number of benzene rings is 1. The number of alkyl carbamates (subject to hydrolysis) is 1. The molecule has 1 atom stereocenters. The number of non-ortho nitro benzene ring substituents is 1. The van der Waals surface area contributed by atoms with Crippen LogP contribution in [0.1, 0.15) is 27.2 Å². The number of ether oxygens (including phenoxy) is 2. The normalized spacial score (nSPS) is 11.9. The van der Waals surface area contributed by atoms with Gasteiger partial charge in [0.05, 0.1) is 29.8 Å². The summed E-state index contributed by atoms with van der Waals surface area (Å²) in [5, 5.41) is 15.5. The summed E-state index contributed by atoms with van der Waals surface area (Å²) in [7, 11) is 1.13. The van der Waals surface area contributed by atoms with Crippen LogP contribution < -0.4 is 16.4 Å². The predicted molar refractivity (Wildman–Crippen MR) is 95.9 cm³/mol. The minimum atomic E-state index is -1.34. The number of anilines is 2. The summed E-state index contributed by atoms with van der Waals surface area (Å²) in [4.78, 5) is 46.2. The van der Waals surface area contributed by atoms with E-state index in [1.54, 1.807) is 20.8 Å². The SMILES string of the molecule is COC(=O)C[C@H](NC(=O)OC(C)(C)C)C(=O)Nc1cc([N+](=O)[O-])ccc1N. The van der Waals surface area contributed by atoms with Crippen molar-refractivity contribution in [2.24, 2.45) is 0 Å². The fourth-order valence-corrected chi connectivity index (χ4v) is 1.90. The summed E-state index contributed by atoms with van der Waals surface area (Å²) in [6.45, 7) is 4.89. The summed E-state index contributed by atoms with van der Waals surface area (Å²) in [6, 6.07) is 2.15. The highest BCUT2D eigenvalue weighted by atomic mass is 16.6. The van der Waals surface area contributed by atoms with Gasteiger partial charge in [0.15, 0.2) is 0 Å². The number of amides is 2. The van der Waals surface area contributed by atoms with Gasteiger partial charge in [0.25, 0.3) is 5.69 Å². The summed E-state index contributed by atoms with van der Waals surface area (Å²) in [5.74, 6) is -1.57. The molecule has 0 heterocycles. The highest BCUT2D eigenvalue weighted by Crippen LogP contribution is 2.24. The number of nitro groups is 1. The lowest BCUT2D eigenvalue weighted by Crippen LogP contribution is -2.47. The first kappa shape index (κ1) is 21.7. The Kier molecular flexibility index (Phi) is 7.09. The Morgan fingerprint density at radius 1 is 1.30 bits per heavy atom. The van der Waals surface area contributed by atoms with E-state index in [1.807, 2.05) is 0 Å². The molecule has 0 unspecified atom stereocenters. The second-order valence-corrected chi connectivity index (χ2v) is 6.50. The van der Waals surface area contributed by atoms with Crippen molar-refractivity contribution < 1.29 is 28.8 Å². The lowest BCUT2D eigenvalue weighted by molar-refractivity contribution is -0.384. The van der Waals surface area contributed by atoms with Crippen LogP contribution in [0.5, 0.6) is 0 Å². The van der Waals surface area contributed by atoms with E-state index in [0.717, 1.165) is 13.2 Å². The number of esters is 1. The zero-order valence-electron chi connectivity index (χ0n) is 15.4. The number of carbonyl (C=O) groups is 3. The molecule has 1 rings (SSSR count). The second-order valence-electron chi connectivity index (χ2n) is 6.50. The van der Waals surface area contributed by atoms with Crippen molar-refractivity contribution in [3.63, 3.8) is 0 Å². The molecule has 0 aromatic heterocycles. The number of hydrogen-bond donors (Lipinski definition) is 3. The van der Waals surface area contributed by atoms with E-state index in [0.29, 0.717) is 0 Å². The van der Waals surface area contributed by atoms with Crippen LogP contribution >= 0.6 is 0 Å². The molecule has 11 heteroatoms. The fourth-order valence-electron chi connectivity index (χ4n) is 1.90. The Morgan fingerprint density at radius 2 is 1.93 bits per heavy atom. The molecule has 148 valence electrons. The molecule has 0 aliphatic carbocycles. The van der Waals surface area contributed by atoms with Gasteiger partial charge in [0, 0.05) is 12.1 Å². The van der Waals surface area contributed by atoms with Crippen LogP contribution in [0.4, 0.5) is 21.9 Å². The average Bonchev–Trinajstić information content (AvgIpc) is 2.53. The van der Waals surface area contributed by atoms with E-state index >= 15 is 0 Å². The average molecular weight is 382 g/mol. The first-order chi connectivity index (χ1) is 12.4. The van der Waals surface area contributed by atoms with Crippen molar-refractivity contribution >= 4 is 35.0 Å². The van der Waals surface area contributed by atoms with E-state index < -0.39 is 41.0 Å². The lowest BCUT2D eigenvalue weighted by atomic mass is 10.1. The van der Waals surface area contributed by atoms with E-state index in [-0.39, 0.29) is 17.1 Å². The van der Waals surface area contributed by atoms with Gasteiger partial charge in [0.2, 0.25) is 5.91 Å². The van der Waals surface area contributed by atoms with Gasteiger partial charge < -0.3 is 25.8 Å². The molecule has 1 aromatic carbocycles. The van der Waals surface area contributed by atoms with Gasteiger partial charge in [-0.25, -0.2) is 4.79 Å². The van der Waals surface area contributed by atoms with Gasteiger partial charge in [-0.05, 0) is 26.8 Å². The van der Waals surface area contributed by atoms with Crippen molar-refractivity contribution in [3.05, 3.63) is 28.3 Å². The summed E-state index contributed by atoms with van der Waals surface area (Å²) >= 11 is 0. The Balaban J connectivity index is 2.99. The molecule has 2 amide bonds. The molecule has 0 spiro atoms. The molecule has 0 aliphatic heterocycles.